The van der Waals surface area contributed by atoms with Crippen molar-refractivity contribution in [2.24, 2.45) is 4.99 Å². The molecule has 1 aromatic carbocycles. The highest BCUT2D eigenvalue weighted by Gasteiger charge is 2.13. The fraction of sp³-hybridized carbons (Fsp3) is 0.350. The molecule has 0 amide bonds. The van der Waals surface area contributed by atoms with E-state index >= 15 is 0 Å². The van der Waals surface area contributed by atoms with Crippen molar-refractivity contribution in [3.8, 4) is 5.75 Å². The third-order valence-corrected chi connectivity index (χ3v) is 4.92. The molecule has 2 heterocycles. The van der Waals surface area contributed by atoms with Gasteiger partial charge in [-0.2, -0.15) is 0 Å². The van der Waals surface area contributed by atoms with E-state index in [0.29, 0.717) is 0 Å². The number of rotatable bonds is 6. The maximum Gasteiger partial charge on any atom is 0.119 e. The number of hydrogen-bond donors (Lipinski definition) is 0. The Kier molecular flexibility index (Phi) is 5.29. The number of allylic oxidation sites excluding steroid dienone is 1. The van der Waals surface area contributed by atoms with Crippen molar-refractivity contribution in [1.29, 1.82) is 0 Å². The van der Waals surface area contributed by atoms with Crippen molar-refractivity contribution in [2.45, 2.75) is 33.1 Å². The summed E-state index contributed by atoms with van der Waals surface area (Å²) in [5, 5.41) is 0. The summed E-state index contributed by atoms with van der Waals surface area (Å²) < 4.78 is 5.82. The molecule has 0 unspecified atom stereocenters. The minimum atomic E-state index is 0.799. The van der Waals surface area contributed by atoms with Crippen LogP contribution in [0.3, 0.4) is 0 Å². The first-order valence-electron chi connectivity index (χ1n) is 8.31. The number of aryl methyl sites for hydroxylation is 1. The molecular formula is C20H23NOS. The zero-order valence-electron chi connectivity index (χ0n) is 13.8. The first-order chi connectivity index (χ1) is 11.3. The molecule has 120 valence electrons. The van der Waals surface area contributed by atoms with Gasteiger partial charge < -0.3 is 4.74 Å². The molecule has 2 aromatic rings. The molecule has 0 radical (unpaired) electrons. The van der Waals surface area contributed by atoms with Crippen LogP contribution in [-0.2, 0) is 6.42 Å². The number of benzene rings is 1. The normalized spacial score (nSPS) is 13.9. The van der Waals surface area contributed by atoms with Gasteiger partial charge in [0.05, 0.1) is 12.3 Å². The zero-order valence-corrected chi connectivity index (χ0v) is 14.7. The summed E-state index contributed by atoms with van der Waals surface area (Å²) in [7, 11) is 0. The van der Waals surface area contributed by atoms with Crippen LogP contribution in [0.15, 0.2) is 41.4 Å². The lowest BCUT2D eigenvalue weighted by atomic mass is 9.97. The summed E-state index contributed by atoms with van der Waals surface area (Å²) in [6, 6.07) is 10.7. The molecule has 0 saturated carbocycles. The second-order valence-electron chi connectivity index (χ2n) is 5.82. The number of ether oxygens (including phenoxy) is 1. The summed E-state index contributed by atoms with van der Waals surface area (Å²) in [6.07, 6.45) is 7.56. The molecule has 0 saturated heterocycles. The smallest absolute Gasteiger partial charge is 0.119 e. The molecule has 0 bridgehead atoms. The van der Waals surface area contributed by atoms with E-state index in [1.807, 2.05) is 11.3 Å². The van der Waals surface area contributed by atoms with E-state index in [-0.39, 0.29) is 0 Å². The third-order valence-electron chi connectivity index (χ3n) is 3.95. The maximum absolute atomic E-state index is 5.82. The molecule has 0 atom stereocenters. The van der Waals surface area contributed by atoms with Crippen molar-refractivity contribution in [1.82, 2.24) is 0 Å². The van der Waals surface area contributed by atoms with Crippen LogP contribution in [0.25, 0.3) is 6.08 Å². The van der Waals surface area contributed by atoms with Crippen molar-refractivity contribution in [3.63, 3.8) is 0 Å². The molecule has 3 rings (SSSR count). The molecule has 0 aliphatic carbocycles. The van der Waals surface area contributed by atoms with E-state index < -0.39 is 0 Å². The first-order valence-corrected chi connectivity index (χ1v) is 9.13. The number of unbranched alkanes of at least 4 members (excludes halogenated alkanes) is 1. The lowest BCUT2D eigenvalue weighted by molar-refractivity contribution is 0.309. The zero-order chi connectivity index (χ0) is 16.1. The molecule has 0 spiro atoms. The monoisotopic (exact) mass is 325 g/mol. The molecule has 3 heteroatoms. The van der Waals surface area contributed by atoms with Crippen molar-refractivity contribution >= 4 is 23.1 Å². The average molecular weight is 325 g/mol. The highest BCUT2D eigenvalue weighted by atomic mass is 32.1. The molecule has 2 nitrogen and oxygen atoms in total. The second kappa shape index (κ2) is 7.60. The van der Waals surface area contributed by atoms with E-state index in [2.05, 4.69) is 56.3 Å². The van der Waals surface area contributed by atoms with Gasteiger partial charge >= 0.3 is 0 Å². The molecule has 1 aliphatic heterocycles. The lowest BCUT2D eigenvalue weighted by Gasteiger charge is -2.16. The van der Waals surface area contributed by atoms with Crippen LogP contribution in [0.5, 0.6) is 5.75 Å². The van der Waals surface area contributed by atoms with Crippen LogP contribution in [0.2, 0.25) is 0 Å². The first kappa shape index (κ1) is 16.0. The van der Waals surface area contributed by atoms with Crippen LogP contribution in [0, 0.1) is 6.92 Å². The van der Waals surface area contributed by atoms with E-state index in [4.69, 9.17) is 9.73 Å². The lowest BCUT2D eigenvalue weighted by Crippen LogP contribution is -2.11. The van der Waals surface area contributed by atoms with Gasteiger partial charge in [0.15, 0.2) is 0 Å². The number of hydrogen-bond acceptors (Lipinski definition) is 3. The van der Waals surface area contributed by atoms with Crippen molar-refractivity contribution in [2.75, 3.05) is 13.2 Å². The van der Waals surface area contributed by atoms with Crippen LogP contribution < -0.4 is 4.74 Å². The van der Waals surface area contributed by atoms with E-state index in [1.165, 1.54) is 20.9 Å². The molecule has 0 N–H and O–H groups in total. The maximum atomic E-state index is 5.82. The highest BCUT2D eigenvalue weighted by molar-refractivity contribution is 7.12. The van der Waals surface area contributed by atoms with Gasteiger partial charge in [-0.15, -0.1) is 11.3 Å². The van der Waals surface area contributed by atoms with E-state index in [0.717, 1.165) is 43.9 Å². The predicted octanol–water partition coefficient (Wildman–Crippen LogP) is 5.29. The summed E-state index contributed by atoms with van der Waals surface area (Å²) in [5.41, 5.74) is 3.66. The Labute approximate surface area is 142 Å². The van der Waals surface area contributed by atoms with Gasteiger partial charge in [-0.05, 0) is 67.8 Å². The number of nitrogens with zero attached hydrogens (tertiary/aromatic N) is 1. The fourth-order valence-corrected chi connectivity index (χ4v) is 3.46. The van der Waals surface area contributed by atoms with Crippen molar-refractivity contribution < 1.29 is 4.74 Å². The van der Waals surface area contributed by atoms with Crippen LogP contribution in [0.4, 0.5) is 0 Å². The summed E-state index contributed by atoms with van der Waals surface area (Å²) in [6.45, 7) is 5.97. The Morgan fingerprint density at radius 2 is 2.13 bits per heavy atom. The Hall–Kier alpha value is -1.87. The molecule has 23 heavy (non-hydrogen) atoms. The summed E-state index contributed by atoms with van der Waals surface area (Å²) in [5.74, 6) is 0.983. The topological polar surface area (TPSA) is 21.6 Å². The van der Waals surface area contributed by atoms with Gasteiger partial charge in [0.1, 0.15) is 5.75 Å². The SMILES string of the molecule is CCCCOc1ccc2c(c1)CCN=C2/C=C/c1ccc(C)s1. The van der Waals surface area contributed by atoms with Crippen LogP contribution >= 0.6 is 11.3 Å². The van der Waals surface area contributed by atoms with Gasteiger partial charge in [0.2, 0.25) is 0 Å². The minimum Gasteiger partial charge on any atom is -0.494 e. The van der Waals surface area contributed by atoms with Crippen LogP contribution in [0.1, 0.15) is 40.6 Å². The largest absolute Gasteiger partial charge is 0.494 e. The quantitative estimate of drug-likeness (QED) is 0.661. The highest BCUT2D eigenvalue weighted by Crippen LogP contribution is 2.24. The number of aliphatic imine (C=N–C) groups is 1. The van der Waals surface area contributed by atoms with E-state index in [1.54, 1.807) is 0 Å². The van der Waals surface area contributed by atoms with Gasteiger partial charge in [0, 0.05) is 21.9 Å². The van der Waals surface area contributed by atoms with Crippen molar-refractivity contribution in [3.05, 3.63) is 57.3 Å². The number of thiophene rings is 1. The minimum absolute atomic E-state index is 0.799. The average Bonchev–Trinajstić information content (AvgIpc) is 2.98. The van der Waals surface area contributed by atoms with Gasteiger partial charge in [-0.3, -0.25) is 4.99 Å². The van der Waals surface area contributed by atoms with Gasteiger partial charge in [-0.1, -0.05) is 13.3 Å². The molecule has 0 fully saturated rings. The molecule has 1 aliphatic rings. The standard InChI is InChI=1S/C20H23NOS/c1-3-4-13-22-17-6-9-19-16(14-17)11-12-21-20(19)10-8-18-7-5-15(2)23-18/h5-10,14H,3-4,11-13H2,1-2H3/b10-8+. The molecular weight excluding hydrogens is 302 g/mol. The number of fused-ring (bicyclic) bond motifs is 1. The van der Waals surface area contributed by atoms with E-state index in [9.17, 15) is 0 Å². The predicted molar refractivity (Wildman–Crippen MR) is 100 cm³/mol. The Morgan fingerprint density at radius 1 is 1.22 bits per heavy atom. The fourth-order valence-electron chi connectivity index (χ4n) is 2.68. The summed E-state index contributed by atoms with van der Waals surface area (Å²) >= 11 is 1.81. The third kappa shape index (κ3) is 4.11. The Balaban J connectivity index is 1.75. The van der Waals surface area contributed by atoms with Gasteiger partial charge in [-0.25, -0.2) is 0 Å². The Bertz CT molecular complexity index is 727. The summed E-state index contributed by atoms with van der Waals surface area (Å²) in [4.78, 5) is 7.30. The van der Waals surface area contributed by atoms with Gasteiger partial charge in [0.25, 0.3) is 0 Å². The second-order valence-corrected chi connectivity index (χ2v) is 7.14. The molecule has 1 aromatic heterocycles. The Morgan fingerprint density at radius 3 is 2.91 bits per heavy atom. The van der Waals surface area contributed by atoms with Crippen LogP contribution in [-0.4, -0.2) is 18.9 Å².